The van der Waals surface area contributed by atoms with Crippen molar-refractivity contribution in [1.29, 1.82) is 5.26 Å². The zero-order valence-electron chi connectivity index (χ0n) is 11.0. The van der Waals surface area contributed by atoms with E-state index in [4.69, 9.17) is 5.26 Å². The third-order valence-electron chi connectivity index (χ3n) is 3.63. The number of amides is 1. The Morgan fingerprint density at radius 2 is 2.26 bits per heavy atom. The lowest BCUT2D eigenvalue weighted by molar-refractivity contribution is -0.128. The van der Waals surface area contributed by atoms with Crippen LogP contribution in [0.2, 0.25) is 0 Å². The number of nitriles is 1. The van der Waals surface area contributed by atoms with Crippen molar-refractivity contribution < 1.29 is 9.18 Å². The molecule has 4 nitrogen and oxygen atoms in total. The Bertz CT molecular complexity index is 552. The van der Waals surface area contributed by atoms with Crippen molar-refractivity contribution in [2.45, 2.75) is 13.3 Å². The molecule has 5 heteroatoms. The number of carbonyl (C=O) groups excluding carboxylic acids is 1. The molecule has 1 atom stereocenters. The van der Waals surface area contributed by atoms with Gasteiger partial charge in [-0.2, -0.15) is 5.26 Å². The average Bonchev–Trinajstić information content (AvgIpc) is 2.81. The Labute approximate surface area is 111 Å². The summed E-state index contributed by atoms with van der Waals surface area (Å²) in [5, 5.41) is 11.5. The van der Waals surface area contributed by atoms with Crippen molar-refractivity contribution in [3.8, 4) is 6.07 Å². The molecule has 2 rings (SSSR count). The topological polar surface area (TPSA) is 56.1 Å². The lowest BCUT2D eigenvalue weighted by Crippen LogP contribution is -2.39. The summed E-state index contributed by atoms with van der Waals surface area (Å²) in [6.07, 6.45) is 0.713. The fraction of sp³-hybridized carbons (Fsp3) is 0.429. The van der Waals surface area contributed by atoms with Gasteiger partial charge in [0.2, 0.25) is 5.91 Å². The molecule has 0 spiro atoms. The Morgan fingerprint density at radius 1 is 1.53 bits per heavy atom. The molecule has 1 aliphatic rings. The molecule has 100 valence electrons. The molecule has 1 aromatic rings. The predicted octanol–water partition coefficient (Wildman–Crippen LogP) is 1.66. The number of halogens is 1. The van der Waals surface area contributed by atoms with E-state index in [0.29, 0.717) is 30.8 Å². The molecule has 1 saturated heterocycles. The fourth-order valence-corrected chi connectivity index (χ4v) is 2.49. The second-order valence-corrected chi connectivity index (χ2v) is 5.12. The quantitative estimate of drug-likeness (QED) is 0.881. The van der Waals surface area contributed by atoms with Crippen LogP contribution in [0, 0.1) is 22.6 Å². The van der Waals surface area contributed by atoms with Gasteiger partial charge in [0, 0.05) is 25.8 Å². The number of hydrogen-bond donors (Lipinski definition) is 1. The van der Waals surface area contributed by atoms with Gasteiger partial charge < -0.3 is 10.2 Å². The van der Waals surface area contributed by atoms with Crippen LogP contribution >= 0.6 is 0 Å². The largest absolute Gasteiger partial charge is 0.370 e. The third kappa shape index (κ3) is 2.53. The number of rotatable bonds is 2. The van der Waals surface area contributed by atoms with Gasteiger partial charge in [0.25, 0.3) is 0 Å². The van der Waals surface area contributed by atoms with E-state index in [0.717, 1.165) is 0 Å². The summed E-state index contributed by atoms with van der Waals surface area (Å²) < 4.78 is 13.4. The van der Waals surface area contributed by atoms with Gasteiger partial charge in [0.1, 0.15) is 5.82 Å². The minimum Gasteiger partial charge on any atom is -0.370 e. The molecule has 1 amide bonds. The molecular formula is C14H16FN3O. The van der Waals surface area contributed by atoms with Crippen LogP contribution in [-0.2, 0) is 4.79 Å². The minimum atomic E-state index is -0.464. The molecule has 0 aromatic heterocycles. The molecule has 0 bridgehead atoms. The molecule has 1 fully saturated rings. The highest BCUT2D eigenvalue weighted by Crippen LogP contribution is 2.33. The first kappa shape index (κ1) is 13.3. The summed E-state index contributed by atoms with van der Waals surface area (Å²) in [5.74, 6) is -0.436. The zero-order valence-corrected chi connectivity index (χ0v) is 11.0. The first-order chi connectivity index (χ1) is 8.98. The summed E-state index contributed by atoms with van der Waals surface area (Å²) >= 11 is 0. The van der Waals surface area contributed by atoms with E-state index in [-0.39, 0.29) is 5.91 Å². The zero-order chi connectivity index (χ0) is 14.0. The van der Waals surface area contributed by atoms with E-state index in [1.54, 1.807) is 13.1 Å². The van der Waals surface area contributed by atoms with E-state index in [2.05, 4.69) is 5.32 Å². The SMILES string of the molecule is CNC(=O)C1(C)CCN(c2cc(F)cc(C#N)c2)C1. The highest BCUT2D eigenvalue weighted by atomic mass is 19.1. The Balaban J connectivity index is 2.24. The van der Waals surface area contributed by atoms with Gasteiger partial charge in [0.05, 0.1) is 17.0 Å². The van der Waals surface area contributed by atoms with Gasteiger partial charge in [-0.05, 0) is 31.5 Å². The first-order valence-corrected chi connectivity index (χ1v) is 6.16. The highest BCUT2D eigenvalue weighted by molar-refractivity contribution is 5.83. The molecule has 1 unspecified atom stereocenters. The molecule has 1 aromatic carbocycles. The Kier molecular flexibility index (Phi) is 3.43. The van der Waals surface area contributed by atoms with E-state index < -0.39 is 11.2 Å². The maximum Gasteiger partial charge on any atom is 0.227 e. The van der Waals surface area contributed by atoms with E-state index >= 15 is 0 Å². The molecule has 0 radical (unpaired) electrons. The number of benzene rings is 1. The molecule has 19 heavy (non-hydrogen) atoms. The second kappa shape index (κ2) is 4.88. The summed E-state index contributed by atoms with van der Waals surface area (Å²) in [7, 11) is 1.62. The van der Waals surface area contributed by atoms with Gasteiger partial charge in [-0.1, -0.05) is 0 Å². The van der Waals surface area contributed by atoms with Crippen LogP contribution in [0.4, 0.5) is 10.1 Å². The Morgan fingerprint density at radius 3 is 2.89 bits per heavy atom. The lowest BCUT2D eigenvalue weighted by atomic mass is 9.89. The summed E-state index contributed by atoms with van der Waals surface area (Å²) in [5.41, 5.74) is 0.487. The fourth-order valence-electron chi connectivity index (χ4n) is 2.49. The number of anilines is 1. The maximum absolute atomic E-state index is 13.4. The van der Waals surface area contributed by atoms with Crippen LogP contribution in [0.3, 0.4) is 0 Å². The van der Waals surface area contributed by atoms with E-state index in [1.807, 2.05) is 17.9 Å². The number of hydrogen-bond acceptors (Lipinski definition) is 3. The number of carbonyl (C=O) groups is 1. The van der Waals surface area contributed by atoms with Crippen LogP contribution < -0.4 is 10.2 Å². The van der Waals surface area contributed by atoms with Crippen molar-refractivity contribution >= 4 is 11.6 Å². The Hall–Kier alpha value is -2.09. The van der Waals surface area contributed by atoms with Crippen LogP contribution in [0.15, 0.2) is 18.2 Å². The number of nitrogens with one attached hydrogen (secondary N) is 1. The van der Waals surface area contributed by atoms with Gasteiger partial charge >= 0.3 is 0 Å². The standard InChI is InChI=1S/C14H16FN3O/c1-14(13(19)17-2)3-4-18(9-14)12-6-10(8-16)5-11(15)7-12/h5-7H,3-4,9H2,1-2H3,(H,17,19). The molecule has 1 N–H and O–H groups in total. The van der Waals surface area contributed by atoms with Crippen LogP contribution in [0.1, 0.15) is 18.9 Å². The maximum atomic E-state index is 13.4. The van der Waals surface area contributed by atoms with Crippen molar-refractivity contribution in [1.82, 2.24) is 5.32 Å². The molecule has 1 heterocycles. The summed E-state index contributed by atoms with van der Waals surface area (Å²) in [4.78, 5) is 13.8. The molecule has 0 aliphatic carbocycles. The number of nitrogens with zero attached hydrogens (tertiary/aromatic N) is 2. The average molecular weight is 261 g/mol. The van der Waals surface area contributed by atoms with Crippen molar-refractivity contribution in [2.75, 3.05) is 25.0 Å². The lowest BCUT2D eigenvalue weighted by Gasteiger charge is -2.24. The second-order valence-electron chi connectivity index (χ2n) is 5.12. The van der Waals surface area contributed by atoms with Crippen LogP contribution in [-0.4, -0.2) is 26.0 Å². The molecular weight excluding hydrogens is 245 g/mol. The summed E-state index contributed by atoms with van der Waals surface area (Å²) in [6, 6.07) is 6.20. The van der Waals surface area contributed by atoms with Crippen molar-refractivity contribution in [3.05, 3.63) is 29.6 Å². The van der Waals surface area contributed by atoms with Crippen molar-refractivity contribution in [3.63, 3.8) is 0 Å². The van der Waals surface area contributed by atoms with Gasteiger partial charge in [-0.15, -0.1) is 0 Å². The van der Waals surface area contributed by atoms with Crippen molar-refractivity contribution in [2.24, 2.45) is 5.41 Å². The third-order valence-corrected chi connectivity index (χ3v) is 3.63. The predicted molar refractivity (Wildman–Crippen MR) is 70.1 cm³/mol. The van der Waals surface area contributed by atoms with Crippen LogP contribution in [0.25, 0.3) is 0 Å². The highest BCUT2D eigenvalue weighted by Gasteiger charge is 2.39. The molecule has 1 aliphatic heterocycles. The van der Waals surface area contributed by atoms with Gasteiger partial charge in [-0.25, -0.2) is 4.39 Å². The first-order valence-electron chi connectivity index (χ1n) is 6.16. The van der Waals surface area contributed by atoms with E-state index in [9.17, 15) is 9.18 Å². The normalized spacial score (nSPS) is 22.1. The monoisotopic (exact) mass is 261 g/mol. The smallest absolute Gasteiger partial charge is 0.227 e. The van der Waals surface area contributed by atoms with E-state index in [1.165, 1.54) is 12.1 Å². The van der Waals surface area contributed by atoms with Crippen LogP contribution in [0.5, 0.6) is 0 Å². The minimum absolute atomic E-state index is 0.00749. The van der Waals surface area contributed by atoms with Gasteiger partial charge in [0.15, 0.2) is 0 Å². The molecule has 0 saturated carbocycles. The van der Waals surface area contributed by atoms with Gasteiger partial charge in [-0.3, -0.25) is 4.79 Å². The summed E-state index contributed by atoms with van der Waals surface area (Å²) in [6.45, 7) is 3.11.